The number of hydrogen-bond donors (Lipinski definition) is 2. The third-order valence-electron chi connectivity index (χ3n) is 3.01. The van der Waals surface area contributed by atoms with Crippen LogP contribution in [-0.4, -0.2) is 13.1 Å². The number of benzene rings is 2. The van der Waals surface area contributed by atoms with Crippen LogP contribution in [0.25, 0.3) is 0 Å². The van der Waals surface area contributed by atoms with Gasteiger partial charge in [0.1, 0.15) is 5.82 Å². The highest BCUT2D eigenvalue weighted by atomic mass is 19.1. The number of ether oxygens (including phenoxy) is 1. The lowest BCUT2D eigenvalue weighted by Gasteiger charge is -2.12. The number of nitrogen functional groups attached to an aromatic ring is 1. The van der Waals surface area contributed by atoms with E-state index in [1.807, 2.05) is 0 Å². The number of carbonyl (C=O) groups is 1. The maximum Gasteiger partial charge on any atom is 0.340 e. The van der Waals surface area contributed by atoms with E-state index >= 15 is 0 Å². The van der Waals surface area contributed by atoms with Crippen LogP contribution in [0.5, 0.6) is 0 Å². The van der Waals surface area contributed by atoms with Crippen LogP contribution in [0, 0.1) is 12.7 Å². The molecule has 0 aliphatic rings. The molecule has 2 aromatic rings. The molecule has 20 heavy (non-hydrogen) atoms. The van der Waals surface area contributed by atoms with Gasteiger partial charge in [0.2, 0.25) is 0 Å². The van der Waals surface area contributed by atoms with Crippen LogP contribution < -0.4 is 11.1 Å². The number of nitrogens with two attached hydrogens (primary N) is 1. The Balaban J connectivity index is 2.35. The topological polar surface area (TPSA) is 64.3 Å². The largest absolute Gasteiger partial charge is 0.465 e. The molecule has 2 rings (SSSR count). The number of nitrogens with one attached hydrogen (secondary N) is 1. The molecule has 0 radical (unpaired) electrons. The van der Waals surface area contributed by atoms with Gasteiger partial charge in [0.05, 0.1) is 12.7 Å². The standard InChI is InChI=1S/C15H15FN2O2/c1-9-12(16)4-3-5-14(9)18-10-6-7-13(17)11(8-10)15(19)20-2/h3-8,18H,17H2,1-2H3. The molecule has 5 heteroatoms. The molecule has 0 aromatic heterocycles. The highest BCUT2D eigenvalue weighted by molar-refractivity contribution is 5.96. The summed E-state index contributed by atoms with van der Waals surface area (Å²) in [5.74, 6) is -0.805. The highest BCUT2D eigenvalue weighted by Crippen LogP contribution is 2.25. The summed E-state index contributed by atoms with van der Waals surface area (Å²) in [7, 11) is 1.29. The summed E-state index contributed by atoms with van der Waals surface area (Å²) in [5.41, 5.74) is 8.09. The molecule has 0 spiro atoms. The summed E-state index contributed by atoms with van der Waals surface area (Å²) in [6.07, 6.45) is 0. The molecule has 3 N–H and O–H groups in total. The summed E-state index contributed by atoms with van der Waals surface area (Å²) in [4.78, 5) is 11.6. The van der Waals surface area contributed by atoms with Gasteiger partial charge < -0.3 is 15.8 Å². The summed E-state index contributed by atoms with van der Waals surface area (Å²) in [6.45, 7) is 1.68. The lowest BCUT2D eigenvalue weighted by Crippen LogP contribution is -2.06. The first-order chi connectivity index (χ1) is 9.52. The van der Waals surface area contributed by atoms with Gasteiger partial charge >= 0.3 is 5.97 Å². The summed E-state index contributed by atoms with van der Waals surface area (Å²) in [5, 5.41) is 3.06. The van der Waals surface area contributed by atoms with Crippen molar-refractivity contribution in [3.63, 3.8) is 0 Å². The first-order valence-electron chi connectivity index (χ1n) is 6.03. The van der Waals surface area contributed by atoms with Crippen molar-refractivity contribution in [3.8, 4) is 0 Å². The zero-order valence-electron chi connectivity index (χ0n) is 11.2. The van der Waals surface area contributed by atoms with Crippen LogP contribution in [0.3, 0.4) is 0 Å². The zero-order valence-corrected chi connectivity index (χ0v) is 11.2. The molecule has 0 bridgehead atoms. The minimum atomic E-state index is -0.512. The Labute approximate surface area is 116 Å². The average molecular weight is 274 g/mol. The third-order valence-corrected chi connectivity index (χ3v) is 3.01. The van der Waals surface area contributed by atoms with Crippen LogP contribution in [0.1, 0.15) is 15.9 Å². The maximum atomic E-state index is 13.5. The summed E-state index contributed by atoms with van der Waals surface area (Å²) >= 11 is 0. The molecule has 4 nitrogen and oxygen atoms in total. The van der Waals surface area contributed by atoms with E-state index in [2.05, 4.69) is 10.1 Å². The van der Waals surface area contributed by atoms with Crippen molar-refractivity contribution in [1.82, 2.24) is 0 Å². The van der Waals surface area contributed by atoms with Crippen molar-refractivity contribution in [3.05, 3.63) is 53.3 Å². The number of esters is 1. The maximum absolute atomic E-state index is 13.5. The fourth-order valence-corrected chi connectivity index (χ4v) is 1.82. The molecule has 0 fully saturated rings. The van der Waals surface area contributed by atoms with Gasteiger partial charge in [0.15, 0.2) is 0 Å². The Morgan fingerprint density at radius 3 is 2.75 bits per heavy atom. The smallest absolute Gasteiger partial charge is 0.340 e. The Morgan fingerprint density at radius 2 is 2.05 bits per heavy atom. The molecule has 0 saturated carbocycles. The molecular weight excluding hydrogens is 259 g/mol. The fourth-order valence-electron chi connectivity index (χ4n) is 1.82. The Morgan fingerprint density at radius 1 is 1.30 bits per heavy atom. The van der Waals surface area contributed by atoms with Gasteiger partial charge in [-0.3, -0.25) is 0 Å². The first kappa shape index (κ1) is 13.9. The van der Waals surface area contributed by atoms with Gasteiger partial charge in [0, 0.05) is 22.6 Å². The van der Waals surface area contributed by atoms with Gasteiger partial charge in [-0.25, -0.2) is 9.18 Å². The highest BCUT2D eigenvalue weighted by Gasteiger charge is 2.11. The van der Waals surface area contributed by atoms with Crippen molar-refractivity contribution in [2.24, 2.45) is 0 Å². The molecule has 0 saturated heterocycles. The predicted octanol–water partition coefficient (Wildman–Crippen LogP) is 3.25. The number of halogens is 1. The van der Waals surface area contributed by atoms with Crippen molar-refractivity contribution in [2.75, 3.05) is 18.2 Å². The van der Waals surface area contributed by atoms with Gasteiger partial charge in [-0.05, 0) is 37.3 Å². The number of hydrogen-bond acceptors (Lipinski definition) is 4. The average Bonchev–Trinajstić information content (AvgIpc) is 2.45. The van der Waals surface area contributed by atoms with E-state index in [1.54, 1.807) is 37.3 Å². The van der Waals surface area contributed by atoms with E-state index in [0.717, 1.165) is 0 Å². The fraction of sp³-hybridized carbons (Fsp3) is 0.133. The second-order valence-electron chi connectivity index (χ2n) is 4.33. The van der Waals surface area contributed by atoms with Gasteiger partial charge in [-0.15, -0.1) is 0 Å². The molecule has 0 atom stereocenters. The second-order valence-corrected chi connectivity index (χ2v) is 4.33. The van der Waals surface area contributed by atoms with Gasteiger partial charge in [-0.2, -0.15) is 0 Å². The lowest BCUT2D eigenvalue weighted by molar-refractivity contribution is 0.0602. The molecule has 104 valence electrons. The van der Waals surface area contributed by atoms with Crippen LogP contribution in [0.2, 0.25) is 0 Å². The van der Waals surface area contributed by atoms with E-state index < -0.39 is 5.97 Å². The number of anilines is 3. The van der Waals surface area contributed by atoms with E-state index in [-0.39, 0.29) is 11.4 Å². The van der Waals surface area contributed by atoms with Crippen molar-refractivity contribution >= 4 is 23.0 Å². The first-order valence-corrected chi connectivity index (χ1v) is 6.03. The molecule has 0 unspecified atom stereocenters. The Kier molecular flexibility index (Phi) is 3.89. The van der Waals surface area contributed by atoms with Crippen molar-refractivity contribution < 1.29 is 13.9 Å². The normalized spacial score (nSPS) is 10.2. The molecule has 0 aliphatic carbocycles. The number of methoxy groups -OCH3 is 1. The molecule has 0 heterocycles. The minimum Gasteiger partial charge on any atom is -0.465 e. The lowest BCUT2D eigenvalue weighted by atomic mass is 10.1. The Hall–Kier alpha value is -2.56. The summed E-state index contributed by atoms with van der Waals surface area (Å²) in [6, 6.07) is 9.65. The van der Waals surface area contributed by atoms with E-state index in [9.17, 15) is 9.18 Å². The SMILES string of the molecule is COC(=O)c1cc(Nc2cccc(F)c2C)ccc1N. The third kappa shape index (κ3) is 2.71. The van der Waals surface area contributed by atoms with Gasteiger partial charge in [0.25, 0.3) is 0 Å². The van der Waals surface area contributed by atoms with Crippen LogP contribution in [-0.2, 0) is 4.74 Å². The molecule has 0 aliphatic heterocycles. The quantitative estimate of drug-likeness (QED) is 0.666. The van der Waals surface area contributed by atoms with E-state index in [1.165, 1.54) is 13.2 Å². The van der Waals surface area contributed by atoms with E-state index in [4.69, 9.17) is 5.73 Å². The molecular formula is C15H15FN2O2. The van der Waals surface area contributed by atoms with Crippen molar-refractivity contribution in [1.29, 1.82) is 0 Å². The molecule has 2 aromatic carbocycles. The monoisotopic (exact) mass is 274 g/mol. The van der Waals surface area contributed by atoms with Gasteiger partial charge in [-0.1, -0.05) is 6.07 Å². The van der Waals surface area contributed by atoms with Crippen LogP contribution in [0.4, 0.5) is 21.5 Å². The Bertz CT molecular complexity index is 656. The second kappa shape index (κ2) is 5.61. The van der Waals surface area contributed by atoms with Crippen LogP contribution in [0.15, 0.2) is 36.4 Å². The van der Waals surface area contributed by atoms with E-state index in [0.29, 0.717) is 22.6 Å². The van der Waals surface area contributed by atoms with Crippen molar-refractivity contribution in [2.45, 2.75) is 6.92 Å². The number of rotatable bonds is 3. The van der Waals surface area contributed by atoms with Crippen LogP contribution >= 0.6 is 0 Å². The minimum absolute atomic E-state index is 0.270. The predicted molar refractivity (Wildman–Crippen MR) is 76.6 cm³/mol. The number of carbonyl (C=O) groups excluding carboxylic acids is 1. The zero-order chi connectivity index (χ0) is 14.7. The molecule has 0 amide bonds. The summed E-state index contributed by atoms with van der Waals surface area (Å²) < 4.78 is 18.1.